The summed E-state index contributed by atoms with van der Waals surface area (Å²) in [5.41, 5.74) is 0. The van der Waals surface area contributed by atoms with Gasteiger partial charge in [0.05, 0.1) is 5.92 Å². The molecule has 1 saturated heterocycles. The van der Waals surface area contributed by atoms with E-state index in [4.69, 9.17) is 5.11 Å². The van der Waals surface area contributed by atoms with E-state index in [0.29, 0.717) is 5.92 Å². The maximum absolute atomic E-state index is 11.1. The molecule has 1 aliphatic heterocycles. The Labute approximate surface area is 85.9 Å². The molecule has 0 spiro atoms. The topological polar surface area (TPSA) is 49.3 Å². The molecule has 0 radical (unpaired) electrons. The van der Waals surface area contributed by atoms with E-state index >= 15 is 0 Å². The van der Waals surface area contributed by atoms with Gasteiger partial charge in [0.25, 0.3) is 0 Å². The molecule has 1 heterocycles. The van der Waals surface area contributed by atoms with Crippen LogP contribution in [0.5, 0.6) is 0 Å². The fourth-order valence-electron chi connectivity index (χ4n) is 2.32. The summed E-state index contributed by atoms with van der Waals surface area (Å²) < 4.78 is 0. The van der Waals surface area contributed by atoms with Crippen LogP contribution in [0.3, 0.4) is 0 Å². The minimum absolute atomic E-state index is 0.111. The van der Waals surface area contributed by atoms with Gasteiger partial charge in [-0.25, -0.2) is 0 Å². The molecular formula is C11H21NO2. The number of carbonyl (C=O) groups is 1. The molecule has 0 aliphatic carbocycles. The van der Waals surface area contributed by atoms with E-state index < -0.39 is 5.97 Å². The molecule has 0 bridgehead atoms. The Balaban J connectivity index is 2.51. The van der Waals surface area contributed by atoms with Crippen LogP contribution in [0, 0.1) is 11.8 Å². The standard InChI is InChI=1S/C11H21NO2/c1-2-4-10(11(13)14)9-5-3-7-12-8-6-9/h9-10,12H,2-8H2,1H3,(H,13,14). The van der Waals surface area contributed by atoms with Crippen molar-refractivity contribution >= 4 is 5.97 Å². The summed E-state index contributed by atoms with van der Waals surface area (Å²) in [6, 6.07) is 0. The van der Waals surface area contributed by atoms with E-state index in [1.54, 1.807) is 0 Å². The van der Waals surface area contributed by atoms with Crippen molar-refractivity contribution in [2.45, 2.75) is 39.0 Å². The zero-order valence-electron chi connectivity index (χ0n) is 8.96. The lowest BCUT2D eigenvalue weighted by molar-refractivity contribution is -0.144. The third-order valence-electron chi connectivity index (χ3n) is 3.11. The normalized spacial score (nSPS) is 25.4. The summed E-state index contributed by atoms with van der Waals surface area (Å²) in [5, 5.41) is 12.4. The quantitative estimate of drug-likeness (QED) is 0.726. The van der Waals surface area contributed by atoms with Crippen LogP contribution in [-0.4, -0.2) is 24.2 Å². The monoisotopic (exact) mass is 199 g/mol. The van der Waals surface area contributed by atoms with Gasteiger partial charge < -0.3 is 10.4 Å². The zero-order valence-corrected chi connectivity index (χ0v) is 8.96. The van der Waals surface area contributed by atoms with E-state index in [1.807, 2.05) is 0 Å². The maximum atomic E-state index is 11.1. The second-order valence-corrected chi connectivity index (χ2v) is 4.17. The molecule has 2 atom stereocenters. The van der Waals surface area contributed by atoms with Crippen molar-refractivity contribution in [3.8, 4) is 0 Å². The molecule has 2 N–H and O–H groups in total. The Bertz CT molecular complexity index is 174. The summed E-state index contributed by atoms with van der Waals surface area (Å²) in [6.07, 6.45) is 5.03. The number of rotatable bonds is 4. The minimum atomic E-state index is -0.598. The molecular weight excluding hydrogens is 178 g/mol. The predicted octanol–water partition coefficient (Wildman–Crippen LogP) is 1.88. The second-order valence-electron chi connectivity index (χ2n) is 4.17. The van der Waals surface area contributed by atoms with Crippen molar-refractivity contribution in [3.63, 3.8) is 0 Å². The van der Waals surface area contributed by atoms with E-state index in [-0.39, 0.29) is 5.92 Å². The van der Waals surface area contributed by atoms with Crippen LogP contribution in [0.15, 0.2) is 0 Å². The molecule has 1 aliphatic rings. The molecule has 0 aromatic rings. The lowest BCUT2D eigenvalue weighted by atomic mass is 9.83. The average molecular weight is 199 g/mol. The van der Waals surface area contributed by atoms with Gasteiger partial charge >= 0.3 is 5.97 Å². The molecule has 14 heavy (non-hydrogen) atoms. The van der Waals surface area contributed by atoms with Gasteiger partial charge in [-0.05, 0) is 44.7 Å². The Morgan fingerprint density at radius 1 is 1.50 bits per heavy atom. The van der Waals surface area contributed by atoms with E-state index in [2.05, 4.69) is 12.2 Å². The average Bonchev–Trinajstić information content (AvgIpc) is 2.41. The lowest BCUT2D eigenvalue weighted by Crippen LogP contribution is -2.24. The Morgan fingerprint density at radius 3 is 2.93 bits per heavy atom. The van der Waals surface area contributed by atoms with Crippen LogP contribution < -0.4 is 5.32 Å². The Kier molecular flexibility index (Phi) is 4.94. The number of carboxylic acid groups (broad SMARTS) is 1. The first-order valence-electron chi connectivity index (χ1n) is 5.69. The molecule has 3 nitrogen and oxygen atoms in total. The molecule has 0 amide bonds. The van der Waals surface area contributed by atoms with Gasteiger partial charge in [0, 0.05) is 0 Å². The maximum Gasteiger partial charge on any atom is 0.306 e. The number of hydrogen-bond donors (Lipinski definition) is 2. The van der Waals surface area contributed by atoms with Crippen LogP contribution in [0.2, 0.25) is 0 Å². The van der Waals surface area contributed by atoms with Crippen LogP contribution in [0.25, 0.3) is 0 Å². The fraction of sp³-hybridized carbons (Fsp3) is 0.909. The largest absolute Gasteiger partial charge is 0.481 e. The van der Waals surface area contributed by atoms with E-state index in [9.17, 15) is 4.79 Å². The summed E-state index contributed by atoms with van der Waals surface area (Å²) in [6.45, 7) is 4.10. The predicted molar refractivity (Wildman–Crippen MR) is 56.2 cm³/mol. The van der Waals surface area contributed by atoms with Crippen LogP contribution in [-0.2, 0) is 4.79 Å². The fourth-order valence-corrected chi connectivity index (χ4v) is 2.32. The first-order valence-corrected chi connectivity index (χ1v) is 5.69. The minimum Gasteiger partial charge on any atom is -0.481 e. The molecule has 3 heteroatoms. The van der Waals surface area contributed by atoms with Crippen molar-refractivity contribution in [2.75, 3.05) is 13.1 Å². The first kappa shape index (κ1) is 11.5. The summed E-state index contributed by atoms with van der Waals surface area (Å²) in [5.74, 6) is -0.318. The third kappa shape index (κ3) is 3.29. The van der Waals surface area contributed by atoms with Crippen LogP contribution >= 0.6 is 0 Å². The molecule has 1 rings (SSSR count). The van der Waals surface area contributed by atoms with E-state index in [1.165, 1.54) is 0 Å². The zero-order chi connectivity index (χ0) is 10.4. The Morgan fingerprint density at radius 2 is 2.29 bits per heavy atom. The number of aliphatic carboxylic acids is 1. The van der Waals surface area contributed by atoms with E-state index in [0.717, 1.165) is 45.2 Å². The number of hydrogen-bond acceptors (Lipinski definition) is 2. The van der Waals surface area contributed by atoms with Crippen molar-refractivity contribution in [3.05, 3.63) is 0 Å². The highest BCUT2D eigenvalue weighted by Crippen LogP contribution is 2.26. The van der Waals surface area contributed by atoms with Crippen LogP contribution in [0.4, 0.5) is 0 Å². The molecule has 0 saturated carbocycles. The van der Waals surface area contributed by atoms with Crippen molar-refractivity contribution in [1.82, 2.24) is 5.32 Å². The van der Waals surface area contributed by atoms with Gasteiger partial charge in [-0.1, -0.05) is 13.3 Å². The third-order valence-corrected chi connectivity index (χ3v) is 3.11. The van der Waals surface area contributed by atoms with Crippen LogP contribution in [0.1, 0.15) is 39.0 Å². The summed E-state index contributed by atoms with van der Waals surface area (Å²) in [4.78, 5) is 11.1. The van der Waals surface area contributed by atoms with Crippen molar-refractivity contribution in [2.24, 2.45) is 11.8 Å². The van der Waals surface area contributed by atoms with Gasteiger partial charge in [0.1, 0.15) is 0 Å². The lowest BCUT2D eigenvalue weighted by Gasteiger charge is -2.21. The highest BCUT2D eigenvalue weighted by molar-refractivity contribution is 5.70. The van der Waals surface area contributed by atoms with Gasteiger partial charge in [-0.15, -0.1) is 0 Å². The van der Waals surface area contributed by atoms with Gasteiger partial charge in [0.15, 0.2) is 0 Å². The molecule has 1 fully saturated rings. The van der Waals surface area contributed by atoms with Crippen molar-refractivity contribution in [1.29, 1.82) is 0 Å². The van der Waals surface area contributed by atoms with Gasteiger partial charge in [-0.2, -0.15) is 0 Å². The summed E-state index contributed by atoms with van der Waals surface area (Å²) in [7, 11) is 0. The van der Waals surface area contributed by atoms with Crippen molar-refractivity contribution < 1.29 is 9.90 Å². The highest BCUT2D eigenvalue weighted by Gasteiger charge is 2.27. The molecule has 2 unspecified atom stereocenters. The first-order chi connectivity index (χ1) is 6.75. The molecule has 82 valence electrons. The molecule has 0 aromatic carbocycles. The Hall–Kier alpha value is -0.570. The highest BCUT2D eigenvalue weighted by atomic mass is 16.4. The second kappa shape index (κ2) is 6.02. The van der Waals surface area contributed by atoms with Gasteiger partial charge in [-0.3, -0.25) is 4.79 Å². The number of nitrogens with one attached hydrogen (secondary N) is 1. The smallest absolute Gasteiger partial charge is 0.306 e. The summed E-state index contributed by atoms with van der Waals surface area (Å²) >= 11 is 0. The molecule has 0 aromatic heterocycles. The SMILES string of the molecule is CCCC(C(=O)O)C1CCCNCC1. The number of carboxylic acids is 1. The van der Waals surface area contributed by atoms with Gasteiger partial charge in [0.2, 0.25) is 0 Å².